The van der Waals surface area contributed by atoms with Crippen LogP contribution in [0.3, 0.4) is 0 Å². The molecular formula is C34H37N5O3. The summed E-state index contributed by atoms with van der Waals surface area (Å²) in [5.74, 6) is 1.23. The quantitative estimate of drug-likeness (QED) is 0.259. The minimum atomic E-state index is -0.298. The van der Waals surface area contributed by atoms with Gasteiger partial charge in [0.25, 0.3) is 5.91 Å². The summed E-state index contributed by atoms with van der Waals surface area (Å²) < 4.78 is 5.86. The SMILES string of the molecule is CN(C(=O)Nc1cccc(Oc2ccccc2)c1)c1ccc(C(=O)NCCN2CCN(Cc3ccccc3)CC2)cc1. The summed E-state index contributed by atoms with van der Waals surface area (Å²) in [6.07, 6.45) is 0. The molecule has 0 aromatic heterocycles. The van der Waals surface area contributed by atoms with Gasteiger partial charge < -0.3 is 15.4 Å². The Kier molecular flexibility index (Phi) is 9.82. The molecule has 0 saturated carbocycles. The molecule has 4 aromatic carbocycles. The molecule has 1 fully saturated rings. The molecule has 0 bridgehead atoms. The maximum Gasteiger partial charge on any atom is 0.326 e. The van der Waals surface area contributed by atoms with E-state index in [0.717, 1.165) is 45.0 Å². The molecule has 5 rings (SSSR count). The summed E-state index contributed by atoms with van der Waals surface area (Å²) in [4.78, 5) is 32.0. The van der Waals surface area contributed by atoms with Gasteiger partial charge in [-0.25, -0.2) is 4.79 Å². The lowest BCUT2D eigenvalue weighted by molar-refractivity contribution is 0.0934. The van der Waals surface area contributed by atoms with Gasteiger partial charge in [-0.1, -0.05) is 54.6 Å². The second-order valence-electron chi connectivity index (χ2n) is 10.3. The molecule has 2 N–H and O–H groups in total. The summed E-state index contributed by atoms with van der Waals surface area (Å²) in [6, 6.07) is 34.0. The van der Waals surface area contributed by atoms with Gasteiger partial charge in [-0.3, -0.25) is 19.5 Å². The highest BCUT2D eigenvalue weighted by molar-refractivity contribution is 6.02. The predicted octanol–water partition coefficient (Wildman–Crippen LogP) is 5.69. The van der Waals surface area contributed by atoms with E-state index in [9.17, 15) is 9.59 Å². The molecule has 8 heteroatoms. The second-order valence-corrected chi connectivity index (χ2v) is 10.3. The van der Waals surface area contributed by atoms with E-state index in [1.165, 1.54) is 10.5 Å². The smallest absolute Gasteiger partial charge is 0.326 e. The van der Waals surface area contributed by atoms with Crippen molar-refractivity contribution >= 4 is 23.3 Å². The van der Waals surface area contributed by atoms with Crippen molar-refractivity contribution in [2.45, 2.75) is 6.54 Å². The van der Waals surface area contributed by atoms with Crippen LogP contribution in [0.5, 0.6) is 11.5 Å². The van der Waals surface area contributed by atoms with E-state index in [0.29, 0.717) is 29.2 Å². The molecule has 0 unspecified atom stereocenters. The zero-order chi connectivity index (χ0) is 29.1. The lowest BCUT2D eigenvalue weighted by atomic mass is 10.2. The van der Waals surface area contributed by atoms with Crippen LogP contribution >= 0.6 is 0 Å². The molecule has 0 atom stereocenters. The Hall–Kier alpha value is -4.66. The number of ether oxygens (including phenoxy) is 1. The summed E-state index contributed by atoms with van der Waals surface area (Å²) in [5, 5.41) is 5.92. The van der Waals surface area contributed by atoms with E-state index in [-0.39, 0.29) is 11.9 Å². The number of amides is 3. The summed E-state index contributed by atoms with van der Waals surface area (Å²) >= 11 is 0. The van der Waals surface area contributed by atoms with E-state index in [4.69, 9.17) is 4.74 Å². The van der Waals surface area contributed by atoms with E-state index >= 15 is 0 Å². The molecule has 0 spiro atoms. The van der Waals surface area contributed by atoms with Gasteiger partial charge in [0, 0.05) is 75.9 Å². The first kappa shape index (κ1) is 28.9. The molecule has 0 aliphatic carbocycles. The fraction of sp³-hybridized carbons (Fsp3) is 0.235. The predicted molar refractivity (Wildman–Crippen MR) is 167 cm³/mol. The minimum Gasteiger partial charge on any atom is -0.457 e. The average molecular weight is 564 g/mol. The van der Waals surface area contributed by atoms with Crippen LogP contribution in [0, 0.1) is 0 Å². The van der Waals surface area contributed by atoms with Crippen molar-refractivity contribution in [3.8, 4) is 11.5 Å². The average Bonchev–Trinajstić information content (AvgIpc) is 3.03. The first-order chi connectivity index (χ1) is 20.5. The van der Waals surface area contributed by atoms with Crippen molar-refractivity contribution in [3.05, 3.63) is 120 Å². The van der Waals surface area contributed by atoms with Crippen molar-refractivity contribution in [1.29, 1.82) is 0 Å². The fourth-order valence-electron chi connectivity index (χ4n) is 4.87. The Morgan fingerprint density at radius 3 is 2.12 bits per heavy atom. The Morgan fingerprint density at radius 1 is 0.762 bits per heavy atom. The van der Waals surface area contributed by atoms with E-state index < -0.39 is 0 Å². The van der Waals surface area contributed by atoms with Crippen LogP contribution in [0.4, 0.5) is 16.2 Å². The van der Waals surface area contributed by atoms with Gasteiger partial charge >= 0.3 is 6.03 Å². The number of para-hydroxylation sites is 1. The van der Waals surface area contributed by atoms with Gasteiger partial charge in [-0.2, -0.15) is 0 Å². The highest BCUT2D eigenvalue weighted by Crippen LogP contribution is 2.24. The molecular weight excluding hydrogens is 526 g/mol. The normalized spacial score (nSPS) is 13.7. The molecule has 42 heavy (non-hydrogen) atoms. The zero-order valence-corrected chi connectivity index (χ0v) is 23.9. The first-order valence-corrected chi connectivity index (χ1v) is 14.3. The van der Waals surface area contributed by atoms with Crippen molar-refractivity contribution in [1.82, 2.24) is 15.1 Å². The van der Waals surface area contributed by atoms with Gasteiger partial charge in [-0.15, -0.1) is 0 Å². The van der Waals surface area contributed by atoms with Gasteiger partial charge in [0.1, 0.15) is 11.5 Å². The minimum absolute atomic E-state index is 0.119. The third-order valence-electron chi connectivity index (χ3n) is 7.31. The van der Waals surface area contributed by atoms with Crippen LogP contribution in [0.2, 0.25) is 0 Å². The molecule has 4 aromatic rings. The van der Waals surface area contributed by atoms with Crippen molar-refractivity contribution in [2.75, 3.05) is 56.5 Å². The van der Waals surface area contributed by atoms with Crippen LogP contribution in [-0.4, -0.2) is 68.1 Å². The van der Waals surface area contributed by atoms with Crippen LogP contribution in [0.25, 0.3) is 0 Å². The Bertz CT molecular complexity index is 1440. The maximum atomic E-state index is 12.9. The number of carbonyl (C=O) groups excluding carboxylic acids is 2. The topological polar surface area (TPSA) is 77.1 Å². The third-order valence-corrected chi connectivity index (χ3v) is 7.31. The van der Waals surface area contributed by atoms with Crippen molar-refractivity contribution in [2.24, 2.45) is 0 Å². The van der Waals surface area contributed by atoms with Gasteiger partial charge in [0.2, 0.25) is 0 Å². The Balaban J connectivity index is 1.04. The number of piperazine rings is 1. The molecule has 1 saturated heterocycles. The lowest BCUT2D eigenvalue weighted by Crippen LogP contribution is -2.48. The number of urea groups is 1. The highest BCUT2D eigenvalue weighted by atomic mass is 16.5. The summed E-state index contributed by atoms with van der Waals surface area (Å²) in [7, 11) is 1.69. The number of benzene rings is 4. The number of carbonyl (C=O) groups is 2. The maximum absolute atomic E-state index is 12.9. The Labute approximate surface area is 247 Å². The van der Waals surface area contributed by atoms with Crippen LogP contribution in [-0.2, 0) is 6.54 Å². The second kappa shape index (κ2) is 14.3. The molecule has 1 heterocycles. The summed E-state index contributed by atoms with van der Waals surface area (Å²) in [5.41, 5.74) is 3.20. The van der Waals surface area contributed by atoms with Crippen LogP contribution in [0.1, 0.15) is 15.9 Å². The lowest BCUT2D eigenvalue weighted by Gasteiger charge is -2.34. The highest BCUT2D eigenvalue weighted by Gasteiger charge is 2.17. The van der Waals surface area contributed by atoms with E-state index in [1.807, 2.05) is 54.6 Å². The van der Waals surface area contributed by atoms with Gasteiger partial charge in [-0.05, 0) is 54.1 Å². The molecule has 8 nitrogen and oxygen atoms in total. The fourth-order valence-corrected chi connectivity index (χ4v) is 4.87. The number of hydrogen-bond donors (Lipinski definition) is 2. The number of rotatable bonds is 10. The Morgan fingerprint density at radius 2 is 1.40 bits per heavy atom. The third kappa shape index (κ3) is 8.19. The molecule has 0 radical (unpaired) electrons. The summed E-state index contributed by atoms with van der Waals surface area (Å²) in [6.45, 7) is 6.44. The van der Waals surface area contributed by atoms with Crippen LogP contribution < -0.4 is 20.3 Å². The number of nitrogens with zero attached hydrogens (tertiary/aromatic N) is 3. The molecule has 216 valence electrons. The monoisotopic (exact) mass is 563 g/mol. The standard InChI is InChI=1S/C34H37N5O3/c1-37(34(41)36-29-11-8-14-32(25-29)42-31-12-6-3-7-13-31)30-17-15-28(16-18-30)33(40)35-19-20-38-21-23-39(24-22-38)26-27-9-4-2-5-10-27/h2-18,25H,19-24,26H2,1H3,(H,35,40)(H,36,41). The first-order valence-electron chi connectivity index (χ1n) is 14.3. The zero-order valence-electron chi connectivity index (χ0n) is 23.9. The van der Waals surface area contributed by atoms with E-state index in [1.54, 1.807) is 37.4 Å². The van der Waals surface area contributed by atoms with Crippen LogP contribution in [0.15, 0.2) is 109 Å². The number of hydrogen-bond acceptors (Lipinski definition) is 5. The number of nitrogens with one attached hydrogen (secondary N) is 2. The number of anilines is 2. The largest absolute Gasteiger partial charge is 0.457 e. The van der Waals surface area contributed by atoms with Crippen molar-refractivity contribution in [3.63, 3.8) is 0 Å². The van der Waals surface area contributed by atoms with Gasteiger partial charge in [0.15, 0.2) is 0 Å². The molecule has 1 aliphatic heterocycles. The van der Waals surface area contributed by atoms with Gasteiger partial charge in [0.05, 0.1) is 0 Å². The molecule has 1 aliphatic rings. The van der Waals surface area contributed by atoms with E-state index in [2.05, 4.69) is 44.7 Å². The van der Waals surface area contributed by atoms with Crippen molar-refractivity contribution < 1.29 is 14.3 Å². The molecule has 3 amide bonds.